The number of carbonyl (C=O) groups is 1. The number of nitrogens with zero attached hydrogens (tertiary/aromatic N) is 2. The Bertz CT molecular complexity index is 323. The highest BCUT2D eigenvalue weighted by atomic mass is 16.2. The van der Waals surface area contributed by atoms with Crippen molar-refractivity contribution in [3.05, 3.63) is 24.5 Å². The van der Waals surface area contributed by atoms with E-state index in [-0.39, 0.29) is 6.03 Å². The molecule has 94 valence electrons. The molecular formula is C12H20N4O. The number of amides is 2. The fraction of sp³-hybridized carbons (Fsp3) is 0.500. The summed E-state index contributed by atoms with van der Waals surface area (Å²) in [7, 11) is 3.73. The molecule has 1 saturated heterocycles. The molecule has 17 heavy (non-hydrogen) atoms. The first-order valence-corrected chi connectivity index (χ1v) is 5.79. The van der Waals surface area contributed by atoms with Crippen molar-refractivity contribution < 1.29 is 4.79 Å². The lowest BCUT2D eigenvalue weighted by Crippen LogP contribution is -2.24. The molecular weight excluding hydrogens is 216 g/mol. The molecule has 0 unspecified atom stereocenters. The van der Waals surface area contributed by atoms with E-state index in [0.29, 0.717) is 5.69 Å². The molecule has 0 aromatic carbocycles. The third-order valence-electron chi connectivity index (χ3n) is 2.48. The van der Waals surface area contributed by atoms with Crippen molar-refractivity contribution in [2.45, 2.75) is 12.8 Å². The van der Waals surface area contributed by atoms with E-state index in [1.165, 1.54) is 25.9 Å². The Morgan fingerprint density at radius 2 is 2.12 bits per heavy atom. The highest BCUT2D eigenvalue weighted by molar-refractivity contribution is 5.88. The zero-order chi connectivity index (χ0) is 12.5. The number of carbonyl (C=O) groups excluding carboxylic acids is 1. The Kier molecular flexibility index (Phi) is 6.03. The summed E-state index contributed by atoms with van der Waals surface area (Å²) in [5.74, 6) is 0. The van der Waals surface area contributed by atoms with Gasteiger partial charge in [0.15, 0.2) is 0 Å². The Morgan fingerprint density at radius 3 is 2.53 bits per heavy atom. The van der Waals surface area contributed by atoms with E-state index < -0.39 is 0 Å². The smallest absolute Gasteiger partial charge is 0.319 e. The minimum absolute atomic E-state index is 0.238. The van der Waals surface area contributed by atoms with Crippen LogP contribution in [0.3, 0.4) is 0 Å². The molecule has 0 radical (unpaired) electrons. The second-order valence-corrected chi connectivity index (χ2v) is 3.96. The number of urea groups is 1. The molecule has 2 rings (SSSR count). The molecule has 0 bridgehead atoms. The summed E-state index contributed by atoms with van der Waals surface area (Å²) in [5.41, 5.74) is 0.687. The quantitative estimate of drug-likeness (QED) is 0.777. The molecule has 0 aliphatic carbocycles. The lowest BCUT2D eigenvalue weighted by Gasteiger charge is -2.01. The van der Waals surface area contributed by atoms with Gasteiger partial charge in [0, 0.05) is 13.2 Å². The standard InChI is InChI=1S/C7H9N3O.C5H11N/c1-8-7(11)10-6-3-2-4-9-5-6;1-6-4-2-3-5-6/h2-5H,1H3,(H2,8,10,11);2-5H2,1H3. The third kappa shape index (κ3) is 5.87. The van der Waals surface area contributed by atoms with Crippen molar-refractivity contribution in [2.75, 3.05) is 32.5 Å². The monoisotopic (exact) mass is 236 g/mol. The summed E-state index contributed by atoms with van der Waals surface area (Å²) >= 11 is 0. The lowest BCUT2D eigenvalue weighted by atomic mass is 10.4. The Balaban J connectivity index is 0.000000202. The molecule has 5 nitrogen and oxygen atoms in total. The molecule has 0 saturated carbocycles. The molecule has 2 heterocycles. The van der Waals surface area contributed by atoms with E-state index in [1.54, 1.807) is 31.6 Å². The molecule has 1 aromatic heterocycles. The molecule has 1 aliphatic rings. The van der Waals surface area contributed by atoms with Gasteiger partial charge in [-0.25, -0.2) is 4.79 Å². The molecule has 1 aromatic rings. The van der Waals surface area contributed by atoms with E-state index in [9.17, 15) is 4.79 Å². The topological polar surface area (TPSA) is 57.3 Å². The van der Waals surface area contributed by atoms with Gasteiger partial charge in [0.25, 0.3) is 0 Å². The van der Waals surface area contributed by atoms with E-state index >= 15 is 0 Å². The van der Waals surface area contributed by atoms with Crippen LogP contribution >= 0.6 is 0 Å². The number of likely N-dealkylation sites (tertiary alicyclic amines) is 1. The summed E-state index contributed by atoms with van der Waals surface area (Å²) in [6, 6.07) is 3.28. The van der Waals surface area contributed by atoms with Crippen molar-refractivity contribution in [3.8, 4) is 0 Å². The maximum atomic E-state index is 10.7. The number of pyridine rings is 1. The van der Waals surface area contributed by atoms with Gasteiger partial charge < -0.3 is 15.5 Å². The normalized spacial score (nSPS) is 14.7. The van der Waals surface area contributed by atoms with Crippen LogP contribution in [0.4, 0.5) is 10.5 Å². The Labute approximate surface area is 102 Å². The maximum absolute atomic E-state index is 10.7. The summed E-state index contributed by atoms with van der Waals surface area (Å²) in [6.07, 6.45) is 6.05. The van der Waals surface area contributed by atoms with Crippen LogP contribution < -0.4 is 10.6 Å². The molecule has 2 amide bonds. The van der Waals surface area contributed by atoms with Gasteiger partial charge in [-0.15, -0.1) is 0 Å². The average molecular weight is 236 g/mol. The van der Waals surface area contributed by atoms with Gasteiger partial charge in [-0.1, -0.05) is 0 Å². The van der Waals surface area contributed by atoms with Gasteiger partial charge in [0.05, 0.1) is 11.9 Å². The first-order chi connectivity index (χ1) is 8.22. The molecule has 1 aliphatic heterocycles. The van der Waals surface area contributed by atoms with E-state index in [2.05, 4.69) is 27.6 Å². The van der Waals surface area contributed by atoms with Gasteiger partial charge >= 0.3 is 6.03 Å². The first kappa shape index (κ1) is 13.4. The summed E-state index contributed by atoms with van der Waals surface area (Å²) in [5, 5.41) is 5.01. The van der Waals surface area contributed by atoms with Crippen LogP contribution in [0.1, 0.15) is 12.8 Å². The SMILES string of the molecule is CN1CCCC1.CNC(=O)Nc1cccnc1. The third-order valence-corrected chi connectivity index (χ3v) is 2.48. The Hall–Kier alpha value is -1.62. The van der Waals surface area contributed by atoms with Gasteiger partial charge in [-0.05, 0) is 45.1 Å². The average Bonchev–Trinajstić information content (AvgIpc) is 2.82. The van der Waals surface area contributed by atoms with Crippen molar-refractivity contribution in [2.24, 2.45) is 0 Å². The number of rotatable bonds is 1. The highest BCUT2D eigenvalue weighted by Gasteiger charge is 2.03. The van der Waals surface area contributed by atoms with Gasteiger partial charge in [0.2, 0.25) is 0 Å². The molecule has 0 atom stereocenters. The van der Waals surface area contributed by atoms with Crippen LogP contribution in [0.2, 0.25) is 0 Å². The van der Waals surface area contributed by atoms with Crippen molar-refractivity contribution in [1.82, 2.24) is 15.2 Å². The number of aromatic nitrogens is 1. The fourth-order valence-corrected chi connectivity index (χ4v) is 1.51. The maximum Gasteiger partial charge on any atom is 0.319 e. The number of hydrogen-bond acceptors (Lipinski definition) is 3. The van der Waals surface area contributed by atoms with E-state index in [4.69, 9.17) is 0 Å². The summed E-state index contributed by atoms with van der Waals surface area (Å²) in [4.78, 5) is 16.9. The van der Waals surface area contributed by atoms with Gasteiger partial charge in [-0.2, -0.15) is 0 Å². The summed E-state index contributed by atoms with van der Waals surface area (Å²) in [6.45, 7) is 2.64. The van der Waals surface area contributed by atoms with Crippen LogP contribution in [0, 0.1) is 0 Å². The van der Waals surface area contributed by atoms with E-state index in [1.807, 2.05) is 0 Å². The highest BCUT2D eigenvalue weighted by Crippen LogP contribution is 2.02. The zero-order valence-corrected chi connectivity index (χ0v) is 10.4. The lowest BCUT2D eigenvalue weighted by molar-refractivity contribution is 0.254. The predicted molar refractivity (Wildman–Crippen MR) is 69.0 cm³/mol. The second-order valence-electron chi connectivity index (χ2n) is 3.96. The summed E-state index contributed by atoms with van der Waals surface area (Å²) < 4.78 is 0. The number of hydrogen-bond donors (Lipinski definition) is 2. The minimum Gasteiger partial charge on any atom is -0.341 e. The van der Waals surface area contributed by atoms with Crippen LogP contribution in [-0.2, 0) is 0 Å². The Morgan fingerprint density at radius 1 is 1.41 bits per heavy atom. The predicted octanol–water partition coefficient (Wildman–Crippen LogP) is 1.54. The molecule has 2 N–H and O–H groups in total. The molecule has 0 spiro atoms. The zero-order valence-electron chi connectivity index (χ0n) is 10.4. The number of anilines is 1. The fourth-order valence-electron chi connectivity index (χ4n) is 1.51. The largest absolute Gasteiger partial charge is 0.341 e. The molecule has 5 heteroatoms. The minimum atomic E-state index is -0.238. The number of nitrogens with one attached hydrogen (secondary N) is 2. The van der Waals surface area contributed by atoms with Gasteiger partial charge in [-0.3, -0.25) is 4.98 Å². The molecule has 1 fully saturated rings. The van der Waals surface area contributed by atoms with Crippen LogP contribution in [0.5, 0.6) is 0 Å². The van der Waals surface area contributed by atoms with E-state index in [0.717, 1.165) is 0 Å². The second kappa shape index (κ2) is 7.62. The van der Waals surface area contributed by atoms with Crippen LogP contribution in [-0.4, -0.2) is 43.1 Å². The van der Waals surface area contributed by atoms with Crippen LogP contribution in [0.25, 0.3) is 0 Å². The van der Waals surface area contributed by atoms with Gasteiger partial charge in [0.1, 0.15) is 0 Å². The van der Waals surface area contributed by atoms with Crippen molar-refractivity contribution >= 4 is 11.7 Å². The first-order valence-electron chi connectivity index (χ1n) is 5.79. The van der Waals surface area contributed by atoms with Crippen molar-refractivity contribution in [1.29, 1.82) is 0 Å². The van der Waals surface area contributed by atoms with Crippen molar-refractivity contribution in [3.63, 3.8) is 0 Å². The van der Waals surface area contributed by atoms with Crippen LogP contribution in [0.15, 0.2) is 24.5 Å².